The van der Waals surface area contributed by atoms with E-state index in [9.17, 15) is 4.79 Å². The maximum absolute atomic E-state index is 11.7. The van der Waals surface area contributed by atoms with E-state index in [2.05, 4.69) is 10.3 Å². The average molecular weight is 287 g/mol. The van der Waals surface area contributed by atoms with Gasteiger partial charge in [0.25, 0.3) is 5.22 Å². The smallest absolute Gasteiger partial charge is 0.255 e. The number of hydrogen-bond donors (Lipinski definition) is 1. The molecule has 0 aliphatic rings. The Balaban J connectivity index is 1.76. The van der Waals surface area contributed by atoms with Gasteiger partial charge in [-0.3, -0.25) is 4.79 Å². The zero-order chi connectivity index (χ0) is 14.4. The summed E-state index contributed by atoms with van der Waals surface area (Å²) in [6.07, 6.45) is 1.95. The molecule has 0 saturated heterocycles. The molecule has 0 aliphatic heterocycles. The van der Waals surface area contributed by atoms with Crippen molar-refractivity contribution in [2.75, 3.05) is 11.1 Å². The highest BCUT2D eigenvalue weighted by Crippen LogP contribution is 2.18. The number of carbonyl (C=O) groups is 1. The Morgan fingerprint density at radius 1 is 1.45 bits per heavy atom. The van der Waals surface area contributed by atoms with Crippen LogP contribution >= 0.6 is 11.8 Å². The minimum absolute atomic E-state index is 0.0783. The minimum Gasteiger partial charge on any atom is -0.440 e. The van der Waals surface area contributed by atoms with Crippen molar-refractivity contribution >= 4 is 23.4 Å². The van der Waals surface area contributed by atoms with Gasteiger partial charge in [-0.1, -0.05) is 11.8 Å². The average Bonchev–Trinajstić information content (AvgIpc) is 2.85. The second-order valence-corrected chi connectivity index (χ2v) is 5.14. The topological polar surface area (TPSA) is 78.9 Å². The fourth-order valence-corrected chi connectivity index (χ4v) is 2.27. The second-order valence-electron chi connectivity index (χ2n) is 4.09. The van der Waals surface area contributed by atoms with Crippen molar-refractivity contribution in [1.82, 2.24) is 4.98 Å². The summed E-state index contributed by atoms with van der Waals surface area (Å²) in [5.41, 5.74) is 2.08. The molecule has 0 spiro atoms. The summed E-state index contributed by atoms with van der Waals surface area (Å²) in [4.78, 5) is 15.9. The number of anilines is 1. The molecule has 0 fully saturated rings. The van der Waals surface area contributed by atoms with Crippen molar-refractivity contribution in [2.45, 2.75) is 18.6 Å². The van der Waals surface area contributed by atoms with Gasteiger partial charge in [0.2, 0.25) is 5.91 Å². The van der Waals surface area contributed by atoms with Gasteiger partial charge in [0.05, 0.1) is 17.3 Å². The van der Waals surface area contributed by atoms with Crippen LogP contribution in [0, 0.1) is 18.3 Å². The highest BCUT2D eigenvalue weighted by molar-refractivity contribution is 7.99. The normalized spacial score (nSPS) is 10.0. The zero-order valence-electron chi connectivity index (χ0n) is 10.9. The van der Waals surface area contributed by atoms with Gasteiger partial charge < -0.3 is 9.73 Å². The molecule has 0 aliphatic carbocycles. The van der Waals surface area contributed by atoms with E-state index in [0.29, 0.717) is 28.6 Å². The summed E-state index contributed by atoms with van der Waals surface area (Å²) in [6.45, 7) is 1.85. The van der Waals surface area contributed by atoms with Crippen LogP contribution in [0.2, 0.25) is 0 Å². The zero-order valence-corrected chi connectivity index (χ0v) is 11.7. The van der Waals surface area contributed by atoms with Crippen molar-refractivity contribution in [3.8, 4) is 6.07 Å². The molecule has 1 aromatic carbocycles. The van der Waals surface area contributed by atoms with Crippen LogP contribution in [0.4, 0.5) is 5.69 Å². The number of aryl methyl sites for hydroxylation is 1. The second kappa shape index (κ2) is 6.78. The number of thioether (sulfide) groups is 1. The van der Waals surface area contributed by atoms with Crippen LogP contribution in [0.1, 0.15) is 17.7 Å². The first-order chi connectivity index (χ1) is 9.67. The summed E-state index contributed by atoms with van der Waals surface area (Å²) in [7, 11) is 0. The Hall–Kier alpha value is -2.26. The first kappa shape index (κ1) is 14.2. The van der Waals surface area contributed by atoms with E-state index >= 15 is 0 Å². The molecule has 2 aromatic rings. The Kier molecular flexibility index (Phi) is 4.80. The summed E-state index contributed by atoms with van der Waals surface area (Å²) in [5, 5.41) is 12.0. The van der Waals surface area contributed by atoms with Crippen LogP contribution in [0.5, 0.6) is 0 Å². The van der Waals surface area contributed by atoms with E-state index in [1.54, 1.807) is 30.5 Å². The lowest BCUT2D eigenvalue weighted by molar-refractivity contribution is -0.115. The van der Waals surface area contributed by atoms with Gasteiger partial charge in [0, 0.05) is 17.9 Å². The van der Waals surface area contributed by atoms with Gasteiger partial charge in [0.15, 0.2) is 0 Å². The molecule has 1 amide bonds. The van der Waals surface area contributed by atoms with E-state index in [-0.39, 0.29) is 5.91 Å². The van der Waals surface area contributed by atoms with E-state index in [4.69, 9.17) is 9.68 Å². The third kappa shape index (κ3) is 4.14. The van der Waals surface area contributed by atoms with Gasteiger partial charge in [-0.05, 0) is 31.2 Å². The number of nitrogens with zero attached hydrogens (tertiary/aromatic N) is 2. The third-order valence-electron chi connectivity index (χ3n) is 2.45. The third-order valence-corrected chi connectivity index (χ3v) is 3.29. The molecule has 0 radical (unpaired) electrons. The summed E-state index contributed by atoms with van der Waals surface area (Å²) in [6, 6.07) is 8.78. The molecular weight excluding hydrogens is 274 g/mol. The number of aromatic nitrogens is 1. The highest BCUT2D eigenvalue weighted by Gasteiger charge is 2.06. The number of carbonyl (C=O) groups excluding carboxylic acids is 1. The molecule has 1 aromatic heterocycles. The predicted molar refractivity (Wildman–Crippen MR) is 76.4 cm³/mol. The number of hydrogen-bond acceptors (Lipinski definition) is 5. The lowest BCUT2D eigenvalue weighted by Crippen LogP contribution is -2.12. The van der Waals surface area contributed by atoms with Gasteiger partial charge in [-0.25, -0.2) is 4.98 Å². The van der Waals surface area contributed by atoms with E-state index in [1.807, 2.05) is 13.0 Å². The van der Waals surface area contributed by atoms with Gasteiger partial charge in [0.1, 0.15) is 6.26 Å². The Morgan fingerprint density at radius 2 is 2.20 bits per heavy atom. The number of rotatable bonds is 5. The van der Waals surface area contributed by atoms with Crippen molar-refractivity contribution in [3.63, 3.8) is 0 Å². The SMILES string of the molecule is Cc1coc(SCCC(=O)Nc2ccc(C#N)cc2)n1. The molecule has 5 nitrogen and oxygen atoms in total. The largest absolute Gasteiger partial charge is 0.440 e. The van der Waals surface area contributed by atoms with E-state index in [1.165, 1.54) is 11.8 Å². The molecule has 0 bridgehead atoms. The molecule has 1 heterocycles. The fourth-order valence-electron chi connectivity index (χ4n) is 1.48. The van der Waals surface area contributed by atoms with Gasteiger partial charge in [-0.2, -0.15) is 5.26 Å². The van der Waals surface area contributed by atoms with Crippen molar-refractivity contribution in [1.29, 1.82) is 5.26 Å². The van der Waals surface area contributed by atoms with Crippen molar-refractivity contribution in [3.05, 3.63) is 41.8 Å². The molecule has 2 rings (SSSR count). The number of benzene rings is 1. The Morgan fingerprint density at radius 3 is 2.80 bits per heavy atom. The van der Waals surface area contributed by atoms with Crippen molar-refractivity contribution < 1.29 is 9.21 Å². The fraction of sp³-hybridized carbons (Fsp3) is 0.214. The quantitative estimate of drug-likeness (QED) is 0.855. The van der Waals surface area contributed by atoms with Gasteiger partial charge in [-0.15, -0.1) is 0 Å². The number of nitrogens with one attached hydrogen (secondary N) is 1. The lowest BCUT2D eigenvalue weighted by Gasteiger charge is -2.04. The molecule has 1 N–H and O–H groups in total. The molecule has 102 valence electrons. The summed E-state index contributed by atoms with van der Waals surface area (Å²) in [5.74, 6) is 0.521. The predicted octanol–water partition coefficient (Wildman–Crippen LogP) is 2.98. The van der Waals surface area contributed by atoms with Crippen LogP contribution in [-0.2, 0) is 4.79 Å². The van der Waals surface area contributed by atoms with Crippen molar-refractivity contribution in [2.24, 2.45) is 0 Å². The lowest BCUT2D eigenvalue weighted by atomic mass is 10.2. The number of oxazole rings is 1. The standard InChI is InChI=1S/C14H13N3O2S/c1-10-9-19-14(16-10)20-7-6-13(18)17-12-4-2-11(8-15)3-5-12/h2-5,9H,6-7H2,1H3,(H,17,18). The summed E-state index contributed by atoms with van der Waals surface area (Å²) < 4.78 is 5.18. The maximum Gasteiger partial charge on any atom is 0.255 e. The van der Waals surface area contributed by atoms with Crippen LogP contribution in [-0.4, -0.2) is 16.6 Å². The molecule has 20 heavy (non-hydrogen) atoms. The molecule has 0 atom stereocenters. The maximum atomic E-state index is 11.7. The van der Waals surface area contributed by atoms with E-state index < -0.39 is 0 Å². The molecule has 0 unspecified atom stereocenters. The first-order valence-corrected chi connectivity index (χ1v) is 7.01. The van der Waals surface area contributed by atoms with Crippen LogP contribution in [0.25, 0.3) is 0 Å². The van der Waals surface area contributed by atoms with Crippen LogP contribution in [0.15, 0.2) is 40.2 Å². The van der Waals surface area contributed by atoms with Crippen LogP contribution < -0.4 is 5.32 Å². The molecular formula is C14H13N3O2S. The summed E-state index contributed by atoms with van der Waals surface area (Å²) >= 11 is 1.40. The minimum atomic E-state index is -0.0783. The Labute approximate surface area is 121 Å². The monoisotopic (exact) mass is 287 g/mol. The van der Waals surface area contributed by atoms with Gasteiger partial charge >= 0.3 is 0 Å². The highest BCUT2D eigenvalue weighted by atomic mass is 32.2. The molecule has 6 heteroatoms. The van der Waals surface area contributed by atoms with Crippen LogP contribution in [0.3, 0.4) is 0 Å². The number of amides is 1. The Bertz CT molecular complexity index is 629. The van der Waals surface area contributed by atoms with E-state index in [0.717, 1.165) is 5.69 Å². The molecule has 0 saturated carbocycles. The first-order valence-electron chi connectivity index (χ1n) is 6.02. The number of nitriles is 1.